The zero-order valence-electron chi connectivity index (χ0n) is 20.3. The topological polar surface area (TPSA) is 47.6 Å². The molecule has 0 saturated heterocycles. The standard InChI is InChI=1S/C28H33NO3.ClH/c1-7-24(29-28(4,5)6)27(30)21-12-17-25(31-22-13-8-19(2)9-14-22)26(18-21)32-23-15-10-20(3)11-16-23;/h8-18,24,29H,7H2,1-6H3;1H. The van der Waals surface area contributed by atoms with Gasteiger partial charge in [-0.2, -0.15) is 0 Å². The van der Waals surface area contributed by atoms with Crippen molar-refractivity contribution < 1.29 is 14.3 Å². The summed E-state index contributed by atoms with van der Waals surface area (Å²) in [5.41, 5.74) is 2.74. The van der Waals surface area contributed by atoms with Crippen LogP contribution in [0.3, 0.4) is 0 Å². The van der Waals surface area contributed by atoms with E-state index in [1.165, 1.54) is 0 Å². The Balaban J connectivity index is 0.00000385. The first-order valence-electron chi connectivity index (χ1n) is 11.1. The monoisotopic (exact) mass is 467 g/mol. The summed E-state index contributed by atoms with van der Waals surface area (Å²) in [6.07, 6.45) is 0.700. The van der Waals surface area contributed by atoms with Gasteiger partial charge in [0.25, 0.3) is 0 Å². The van der Waals surface area contributed by atoms with Crippen LogP contribution in [0.25, 0.3) is 0 Å². The van der Waals surface area contributed by atoms with Crippen LogP contribution in [0.5, 0.6) is 23.0 Å². The van der Waals surface area contributed by atoms with Gasteiger partial charge in [-0.1, -0.05) is 42.3 Å². The Morgan fingerprint density at radius 3 is 1.76 bits per heavy atom. The Bertz CT molecular complexity index is 1050. The predicted octanol–water partition coefficient (Wildman–Crippen LogP) is 7.66. The SMILES string of the molecule is CCC(NC(C)(C)C)C(=O)c1ccc(Oc2ccc(C)cc2)c(Oc2ccc(C)cc2)c1.Cl. The van der Waals surface area contributed by atoms with E-state index < -0.39 is 0 Å². The van der Waals surface area contributed by atoms with Crippen molar-refractivity contribution >= 4 is 18.2 Å². The lowest BCUT2D eigenvalue weighted by molar-refractivity contribution is 0.0923. The third-order valence-corrected chi connectivity index (χ3v) is 5.06. The molecule has 0 bridgehead atoms. The van der Waals surface area contributed by atoms with Crippen LogP contribution in [0.4, 0.5) is 0 Å². The minimum absolute atomic E-state index is 0. The van der Waals surface area contributed by atoms with Crippen molar-refractivity contribution in [1.82, 2.24) is 5.32 Å². The zero-order chi connectivity index (χ0) is 23.3. The lowest BCUT2D eigenvalue weighted by Crippen LogP contribution is -2.47. The van der Waals surface area contributed by atoms with E-state index in [-0.39, 0.29) is 29.8 Å². The van der Waals surface area contributed by atoms with Gasteiger partial charge < -0.3 is 14.8 Å². The molecule has 3 rings (SSSR count). The van der Waals surface area contributed by atoms with Crippen LogP contribution in [-0.2, 0) is 0 Å². The fourth-order valence-electron chi connectivity index (χ4n) is 3.37. The van der Waals surface area contributed by atoms with Crippen molar-refractivity contribution in [3.63, 3.8) is 0 Å². The molecule has 0 aliphatic carbocycles. The van der Waals surface area contributed by atoms with E-state index in [4.69, 9.17) is 9.47 Å². The third-order valence-electron chi connectivity index (χ3n) is 5.06. The lowest BCUT2D eigenvalue weighted by atomic mass is 9.98. The molecule has 0 saturated carbocycles. The maximum absolute atomic E-state index is 13.3. The van der Waals surface area contributed by atoms with E-state index in [1.54, 1.807) is 18.2 Å². The first kappa shape index (κ1) is 26.4. The smallest absolute Gasteiger partial charge is 0.179 e. The van der Waals surface area contributed by atoms with Crippen LogP contribution in [0.15, 0.2) is 66.7 Å². The fourth-order valence-corrected chi connectivity index (χ4v) is 3.37. The maximum Gasteiger partial charge on any atom is 0.179 e. The normalized spacial score (nSPS) is 11.9. The molecule has 0 spiro atoms. The van der Waals surface area contributed by atoms with Gasteiger partial charge in [0.1, 0.15) is 11.5 Å². The molecule has 0 amide bonds. The average Bonchev–Trinajstić information content (AvgIpc) is 2.75. The highest BCUT2D eigenvalue weighted by Crippen LogP contribution is 2.36. The van der Waals surface area contributed by atoms with E-state index >= 15 is 0 Å². The van der Waals surface area contributed by atoms with Gasteiger partial charge in [0.05, 0.1) is 6.04 Å². The number of rotatable bonds is 8. The van der Waals surface area contributed by atoms with Crippen molar-refractivity contribution in [2.24, 2.45) is 0 Å². The molecule has 4 nitrogen and oxygen atoms in total. The number of ketones is 1. The molecule has 5 heteroatoms. The Hall–Kier alpha value is -2.82. The number of carbonyl (C=O) groups excluding carboxylic acids is 1. The Morgan fingerprint density at radius 2 is 1.30 bits per heavy atom. The lowest BCUT2D eigenvalue weighted by Gasteiger charge is -2.27. The van der Waals surface area contributed by atoms with Crippen LogP contribution < -0.4 is 14.8 Å². The van der Waals surface area contributed by atoms with Gasteiger partial charge in [-0.3, -0.25) is 4.79 Å². The van der Waals surface area contributed by atoms with E-state index in [0.717, 1.165) is 11.1 Å². The van der Waals surface area contributed by atoms with Gasteiger partial charge in [0.15, 0.2) is 17.3 Å². The van der Waals surface area contributed by atoms with Crippen LogP contribution in [0, 0.1) is 13.8 Å². The van der Waals surface area contributed by atoms with Crippen molar-refractivity contribution in [2.45, 2.75) is 59.5 Å². The van der Waals surface area contributed by atoms with Gasteiger partial charge in [-0.25, -0.2) is 0 Å². The van der Waals surface area contributed by atoms with Gasteiger partial charge in [0, 0.05) is 11.1 Å². The van der Waals surface area contributed by atoms with Gasteiger partial charge in [-0.15, -0.1) is 12.4 Å². The first-order chi connectivity index (χ1) is 15.1. The highest BCUT2D eigenvalue weighted by atomic mass is 35.5. The summed E-state index contributed by atoms with van der Waals surface area (Å²) in [4.78, 5) is 13.3. The minimum Gasteiger partial charge on any atom is -0.453 e. The second kappa shape index (κ2) is 11.4. The van der Waals surface area contributed by atoms with Crippen molar-refractivity contribution in [3.8, 4) is 23.0 Å². The minimum atomic E-state index is -0.272. The first-order valence-corrected chi connectivity index (χ1v) is 11.1. The summed E-state index contributed by atoms with van der Waals surface area (Å²) in [5.74, 6) is 2.50. The Kier molecular flexibility index (Phi) is 9.09. The Labute approximate surface area is 203 Å². The van der Waals surface area contributed by atoms with E-state index in [9.17, 15) is 4.79 Å². The van der Waals surface area contributed by atoms with Gasteiger partial charge >= 0.3 is 0 Å². The number of Topliss-reactive ketones (excluding diaryl/α,β-unsaturated/α-hetero) is 1. The molecule has 0 aliphatic heterocycles. The number of hydrogen-bond acceptors (Lipinski definition) is 4. The number of nitrogens with one attached hydrogen (secondary N) is 1. The molecule has 33 heavy (non-hydrogen) atoms. The van der Waals surface area contributed by atoms with Crippen LogP contribution in [0.1, 0.15) is 55.6 Å². The molecule has 1 atom stereocenters. The molecule has 0 aromatic heterocycles. The third kappa shape index (κ3) is 7.62. The molecule has 176 valence electrons. The van der Waals surface area contributed by atoms with E-state index in [2.05, 4.69) is 26.1 Å². The molecule has 0 heterocycles. The number of halogens is 1. The quantitative estimate of drug-likeness (QED) is 0.345. The second-order valence-electron chi connectivity index (χ2n) is 9.21. The van der Waals surface area contributed by atoms with Crippen molar-refractivity contribution in [1.29, 1.82) is 0 Å². The molecule has 0 fully saturated rings. The fraction of sp³-hybridized carbons (Fsp3) is 0.321. The molecule has 3 aromatic carbocycles. The number of hydrogen-bond donors (Lipinski definition) is 1. The molecule has 1 unspecified atom stereocenters. The number of ether oxygens (including phenoxy) is 2. The summed E-state index contributed by atoms with van der Waals surface area (Å²) in [5, 5.41) is 3.42. The second-order valence-corrected chi connectivity index (χ2v) is 9.21. The van der Waals surface area contributed by atoms with Crippen molar-refractivity contribution in [2.75, 3.05) is 0 Å². The Morgan fingerprint density at radius 1 is 0.818 bits per heavy atom. The van der Waals surface area contributed by atoms with Crippen molar-refractivity contribution in [3.05, 3.63) is 83.4 Å². The summed E-state index contributed by atoms with van der Waals surface area (Å²) < 4.78 is 12.3. The molecule has 3 aromatic rings. The molecule has 1 N–H and O–H groups in total. The predicted molar refractivity (Wildman–Crippen MR) is 137 cm³/mol. The van der Waals surface area contributed by atoms with Crippen LogP contribution in [0.2, 0.25) is 0 Å². The van der Waals surface area contributed by atoms with Gasteiger partial charge in [0.2, 0.25) is 0 Å². The maximum atomic E-state index is 13.3. The largest absolute Gasteiger partial charge is 0.453 e. The zero-order valence-corrected chi connectivity index (χ0v) is 21.1. The molecular weight excluding hydrogens is 434 g/mol. The summed E-state index contributed by atoms with van der Waals surface area (Å²) >= 11 is 0. The molecule has 0 radical (unpaired) electrons. The number of carbonyl (C=O) groups is 1. The number of aryl methyl sites for hydroxylation is 2. The highest BCUT2D eigenvalue weighted by molar-refractivity contribution is 6.00. The van der Waals surface area contributed by atoms with E-state index in [0.29, 0.717) is 35.0 Å². The average molecular weight is 468 g/mol. The summed E-state index contributed by atoms with van der Waals surface area (Å²) in [6.45, 7) is 12.3. The molecular formula is C28H34ClNO3. The summed E-state index contributed by atoms with van der Waals surface area (Å²) in [6, 6.07) is 20.8. The highest BCUT2D eigenvalue weighted by Gasteiger charge is 2.24. The van der Waals surface area contributed by atoms with Crippen LogP contribution >= 0.6 is 12.4 Å². The van der Waals surface area contributed by atoms with Crippen LogP contribution in [-0.4, -0.2) is 17.4 Å². The summed E-state index contributed by atoms with van der Waals surface area (Å²) in [7, 11) is 0. The molecule has 0 aliphatic rings. The van der Waals surface area contributed by atoms with E-state index in [1.807, 2.05) is 69.3 Å². The number of benzene rings is 3. The van der Waals surface area contributed by atoms with Gasteiger partial charge in [-0.05, 0) is 83.5 Å².